The third-order valence-electron chi connectivity index (χ3n) is 4.48. The summed E-state index contributed by atoms with van der Waals surface area (Å²) in [4.78, 5) is 15.3. The molecule has 0 aliphatic rings. The minimum Gasteiger partial charge on any atom is -0.383 e. The molecule has 1 amide bonds. The summed E-state index contributed by atoms with van der Waals surface area (Å²) in [5.41, 5.74) is 1.91. The van der Waals surface area contributed by atoms with Crippen molar-refractivity contribution in [3.05, 3.63) is 54.0 Å². The quantitative estimate of drug-likeness (QED) is 0.617. The molecule has 3 aromatic rings. The van der Waals surface area contributed by atoms with E-state index in [1.165, 1.54) is 10.9 Å². The summed E-state index contributed by atoms with van der Waals surface area (Å²) in [6.07, 6.45) is 7.42. The molecule has 25 heavy (non-hydrogen) atoms. The second-order valence-electron chi connectivity index (χ2n) is 6.67. The van der Waals surface area contributed by atoms with E-state index in [0.717, 1.165) is 18.4 Å². The van der Waals surface area contributed by atoms with Crippen LogP contribution in [0.3, 0.4) is 0 Å². The van der Waals surface area contributed by atoms with Crippen LogP contribution < -0.4 is 5.32 Å². The topological polar surface area (TPSA) is 82.9 Å². The summed E-state index contributed by atoms with van der Waals surface area (Å²) in [5.74, 6) is -0.0518. The SMILES string of the molecule is Cn1cc(C(C)(O)CNC(=O)CCCc2c[nH]c3ccccc23)cn1. The molecule has 0 saturated heterocycles. The maximum Gasteiger partial charge on any atom is 0.220 e. The van der Waals surface area contributed by atoms with Crippen molar-refractivity contribution in [3.8, 4) is 0 Å². The fraction of sp³-hybridized carbons (Fsp3) is 0.368. The fourth-order valence-electron chi connectivity index (χ4n) is 2.94. The first-order chi connectivity index (χ1) is 12.0. The van der Waals surface area contributed by atoms with Crippen molar-refractivity contribution in [2.45, 2.75) is 31.8 Å². The predicted octanol–water partition coefficient (Wildman–Crippen LogP) is 2.25. The molecule has 6 nitrogen and oxygen atoms in total. The van der Waals surface area contributed by atoms with Crippen molar-refractivity contribution in [1.82, 2.24) is 20.1 Å². The van der Waals surface area contributed by atoms with Gasteiger partial charge in [0.2, 0.25) is 5.91 Å². The molecule has 0 spiro atoms. The number of nitrogens with zero attached hydrogens (tertiary/aromatic N) is 2. The zero-order valence-electron chi connectivity index (χ0n) is 14.6. The normalized spacial score (nSPS) is 13.7. The molecule has 132 valence electrons. The number of aromatic amines is 1. The van der Waals surface area contributed by atoms with E-state index in [-0.39, 0.29) is 12.5 Å². The average Bonchev–Trinajstić information content (AvgIpc) is 3.20. The Morgan fingerprint density at radius 2 is 2.20 bits per heavy atom. The highest BCUT2D eigenvalue weighted by Crippen LogP contribution is 2.20. The van der Waals surface area contributed by atoms with Crippen molar-refractivity contribution in [3.63, 3.8) is 0 Å². The molecule has 3 rings (SSSR count). The summed E-state index contributed by atoms with van der Waals surface area (Å²) in [7, 11) is 1.79. The van der Waals surface area contributed by atoms with Gasteiger partial charge in [-0.1, -0.05) is 18.2 Å². The van der Waals surface area contributed by atoms with Crippen LogP contribution in [0.4, 0.5) is 0 Å². The van der Waals surface area contributed by atoms with Crippen LogP contribution in [-0.2, 0) is 23.9 Å². The molecule has 0 aliphatic heterocycles. The Kier molecular flexibility index (Phi) is 4.90. The van der Waals surface area contributed by atoms with Crippen LogP contribution in [0.1, 0.15) is 30.9 Å². The lowest BCUT2D eigenvalue weighted by atomic mass is 9.99. The summed E-state index contributed by atoms with van der Waals surface area (Å²) in [5, 5.41) is 18.5. The number of fused-ring (bicyclic) bond motifs is 1. The lowest BCUT2D eigenvalue weighted by molar-refractivity contribution is -0.122. The highest BCUT2D eigenvalue weighted by molar-refractivity contribution is 5.83. The maximum atomic E-state index is 12.1. The van der Waals surface area contributed by atoms with Gasteiger partial charge >= 0.3 is 0 Å². The smallest absolute Gasteiger partial charge is 0.220 e. The van der Waals surface area contributed by atoms with E-state index in [1.54, 1.807) is 31.0 Å². The predicted molar refractivity (Wildman–Crippen MR) is 97.0 cm³/mol. The van der Waals surface area contributed by atoms with Crippen LogP contribution in [-0.4, -0.2) is 32.3 Å². The van der Waals surface area contributed by atoms with Crippen LogP contribution in [0.15, 0.2) is 42.9 Å². The van der Waals surface area contributed by atoms with Crippen LogP contribution in [0.5, 0.6) is 0 Å². The monoisotopic (exact) mass is 340 g/mol. The molecule has 1 atom stereocenters. The largest absolute Gasteiger partial charge is 0.383 e. The van der Waals surface area contributed by atoms with Gasteiger partial charge in [0.05, 0.1) is 12.7 Å². The number of aliphatic hydroxyl groups is 1. The maximum absolute atomic E-state index is 12.1. The zero-order chi connectivity index (χ0) is 17.9. The molecule has 6 heteroatoms. The van der Waals surface area contributed by atoms with Crippen LogP contribution in [0.2, 0.25) is 0 Å². The van der Waals surface area contributed by atoms with Gasteiger partial charge in [-0.05, 0) is 31.4 Å². The van der Waals surface area contributed by atoms with Crippen molar-refractivity contribution < 1.29 is 9.90 Å². The van der Waals surface area contributed by atoms with Gasteiger partial charge < -0.3 is 15.4 Å². The molecule has 0 bridgehead atoms. The number of benzene rings is 1. The van der Waals surface area contributed by atoms with Crippen molar-refractivity contribution in [2.75, 3.05) is 6.54 Å². The highest BCUT2D eigenvalue weighted by Gasteiger charge is 2.25. The van der Waals surface area contributed by atoms with Crippen LogP contribution in [0.25, 0.3) is 10.9 Å². The number of aromatic nitrogens is 3. The minimum atomic E-state index is -1.12. The molecule has 0 saturated carbocycles. The zero-order valence-corrected chi connectivity index (χ0v) is 14.6. The Morgan fingerprint density at radius 1 is 1.40 bits per heavy atom. The van der Waals surface area contributed by atoms with Gasteiger partial charge in [-0.25, -0.2) is 0 Å². The second kappa shape index (κ2) is 7.11. The first-order valence-electron chi connectivity index (χ1n) is 8.49. The van der Waals surface area contributed by atoms with E-state index in [1.807, 2.05) is 24.4 Å². The Bertz CT molecular complexity index is 863. The van der Waals surface area contributed by atoms with Crippen molar-refractivity contribution in [1.29, 1.82) is 0 Å². The molecule has 2 aromatic heterocycles. The Balaban J connectivity index is 1.47. The molecule has 1 unspecified atom stereocenters. The number of rotatable bonds is 7. The minimum absolute atomic E-state index is 0.0518. The van der Waals surface area contributed by atoms with Gasteiger partial charge in [-0.2, -0.15) is 5.10 Å². The molecule has 0 aliphatic carbocycles. The third-order valence-corrected chi connectivity index (χ3v) is 4.48. The highest BCUT2D eigenvalue weighted by atomic mass is 16.3. The molecule has 3 N–H and O–H groups in total. The number of carbonyl (C=O) groups excluding carboxylic acids is 1. The van der Waals surface area contributed by atoms with Crippen LogP contribution in [0, 0.1) is 0 Å². The molecular weight excluding hydrogens is 316 g/mol. The van der Waals surface area contributed by atoms with Gasteiger partial charge in [0.15, 0.2) is 0 Å². The standard InChI is InChI=1S/C19H24N4O2/c1-19(25,15-11-22-23(2)12-15)13-21-18(24)9-5-6-14-10-20-17-8-4-3-7-16(14)17/h3-4,7-8,10-12,20,25H,5-6,9,13H2,1-2H3,(H,21,24). The first kappa shape index (κ1) is 17.2. The number of hydrogen-bond acceptors (Lipinski definition) is 3. The molecule has 0 radical (unpaired) electrons. The van der Waals surface area contributed by atoms with E-state index >= 15 is 0 Å². The number of aryl methyl sites for hydroxylation is 2. The number of nitrogens with one attached hydrogen (secondary N) is 2. The Hall–Kier alpha value is -2.60. The van der Waals surface area contributed by atoms with E-state index in [9.17, 15) is 9.90 Å². The number of amides is 1. The summed E-state index contributed by atoms with van der Waals surface area (Å²) in [6, 6.07) is 8.16. The van der Waals surface area contributed by atoms with Gasteiger partial charge in [0, 0.05) is 42.3 Å². The van der Waals surface area contributed by atoms with E-state index in [4.69, 9.17) is 0 Å². The van der Waals surface area contributed by atoms with Crippen molar-refractivity contribution in [2.24, 2.45) is 7.05 Å². The summed E-state index contributed by atoms with van der Waals surface area (Å²) < 4.78 is 1.63. The first-order valence-corrected chi connectivity index (χ1v) is 8.49. The third kappa shape index (κ3) is 4.09. The van der Waals surface area contributed by atoms with E-state index in [0.29, 0.717) is 12.0 Å². The van der Waals surface area contributed by atoms with Gasteiger partial charge in [-0.15, -0.1) is 0 Å². The molecule has 1 aromatic carbocycles. The summed E-state index contributed by atoms with van der Waals surface area (Å²) in [6.45, 7) is 1.85. The second-order valence-corrected chi connectivity index (χ2v) is 6.67. The number of hydrogen-bond donors (Lipinski definition) is 3. The Labute approximate surface area is 146 Å². The van der Waals surface area contributed by atoms with Gasteiger partial charge in [-0.3, -0.25) is 9.48 Å². The van der Waals surface area contributed by atoms with Crippen molar-refractivity contribution >= 4 is 16.8 Å². The average molecular weight is 340 g/mol. The molecular formula is C19H24N4O2. The lowest BCUT2D eigenvalue weighted by Crippen LogP contribution is -2.38. The number of para-hydroxylation sites is 1. The van der Waals surface area contributed by atoms with E-state index in [2.05, 4.69) is 21.5 Å². The van der Waals surface area contributed by atoms with Crippen LogP contribution >= 0.6 is 0 Å². The molecule has 0 fully saturated rings. The van der Waals surface area contributed by atoms with Gasteiger partial charge in [0.25, 0.3) is 0 Å². The Morgan fingerprint density at radius 3 is 2.96 bits per heavy atom. The number of carbonyl (C=O) groups is 1. The summed E-state index contributed by atoms with van der Waals surface area (Å²) >= 11 is 0. The van der Waals surface area contributed by atoms with E-state index < -0.39 is 5.60 Å². The molecule has 2 heterocycles. The van der Waals surface area contributed by atoms with Gasteiger partial charge in [0.1, 0.15) is 5.60 Å². The number of H-pyrrole nitrogens is 1. The fourth-order valence-corrected chi connectivity index (χ4v) is 2.94. The lowest BCUT2D eigenvalue weighted by Gasteiger charge is -2.22.